The van der Waals surface area contributed by atoms with Crippen LogP contribution in [0.3, 0.4) is 0 Å². The largest absolute Gasteiger partial charge is 0.496 e. The van der Waals surface area contributed by atoms with Crippen molar-refractivity contribution in [3.05, 3.63) is 36.0 Å². The Kier molecular flexibility index (Phi) is 3.18. The van der Waals surface area contributed by atoms with E-state index in [1.165, 1.54) is 14.2 Å². The molecular weight excluding hydrogens is 234 g/mol. The highest BCUT2D eigenvalue weighted by atomic mass is 16.5. The van der Waals surface area contributed by atoms with Crippen LogP contribution in [0.2, 0.25) is 0 Å². The third-order valence-electron chi connectivity index (χ3n) is 2.51. The van der Waals surface area contributed by atoms with Crippen molar-refractivity contribution < 1.29 is 14.3 Å². The van der Waals surface area contributed by atoms with E-state index in [2.05, 4.69) is 9.84 Å². The molecule has 0 atom stereocenters. The quantitative estimate of drug-likeness (QED) is 0.826. The van der Waals surface area contributed by atoms with E-state index in [1.807, 2.05) is 0 Å². The van der Waals surface area contributed by atoms with Gasteiger partial charge in [0.2, 0.25) is 0 Å². The van der Waals surface area contributed by atoms with Crippen LogP contribution in [0.25, 0.3) is 5.69 Å². The van der Waals surface area contributed by atoms with Gasteiger partial charge in [-0.15, -0.1) is 0 Å². The number of rotatable bonds is 3. The molecule has 0 saturated carbocycles. The zero-order chi connectivity index (χ0) is 13.1. The molecule has 0 spiro atoms. The van der Waals surface area contributed by atoms with Crippen molar-refractivity contribution in [2.45, 2.75) is 0 Å². The van der Waals surface area contributed by atoms with Crippen LogP contribution in [0.1, 0.15) is 10.4 Å². The van der Waals surface area contributed by atoms with E-state index >= 15 is 0 Å². The molecule has 0 aliphatic heterocycles. The normalized spacial score (nSPS) is 10.1. The fraction of sp³-hybridized carbons (Fsp3) is 0.167. The van der Waals surface area contributed by atoms with Gasteiger partial charge >= 0.3 is 5.97 Å². The molecule has 94 valence electrons. The van der Waals surface area contributed by atoms with Gasteiger partial charge < -0.3 is 15.2 Å². The second-order valence-electron chi connectivity index (χ2n) is 3.54. The molecule has 2 rings (SSSR count). The molecule has 6 nitrogen and oxygen atoms in total. The Morgan fingerprint density at radius 3 is 2.67 bits per heavy atom. The lowest BCUT2D eigenvalue weighted by molar-refractivity contribution is 0.0597. The van der Waals surface area contributed by atoms with Crippen molar-refractivity contribution in [3.8, 4) is 11.4 Å². The van der Waals surface area contributed by atoms with Gasteiger partial charge in [0.25, 0.3) is 0 Å². The monoisotopic (exact) mass is 247 g/mol. The summed E-state index contributed by atoms with van der Waals surface area (Å²) in [4.78, 5) is 11.5. The van der Waals surface area contributed by atoms with Crippen LogP contribution in [-0.4, -0.2) is 30.0 Å². The predicted molar refractivity (Wildman–Crippen MR) is 65.9 cm³/mol. The predicted octanol–water partition coefficient (Wildman–Crippen LogP) is 1.25. The number of aromatic nitrogens is 2. The molecular formula is C12H13N3O3. The number of esters is 1. The third-order valence-corrected chi connectivity index (χ3v) is 2.51. The molecule has 0 aliphatic carbocycles. The highest BCUT2D eigenvalue weighted by molar-refractivity contribution is 5.92. The molecule has 1 aromatic heterocycles. The lowest BCUT2D eigenvalue weighted by atomic mass is 10.2. The molecule has 6 heteroatoms. The first-order valence-electron chi connectivity index (χ1n) is 5.23. The standard InChI is InChI=1S/C12H13N3O3/c1-17-10-7-8(15-11(13)5-6-14-15)3-4-9(10)12(16)18-2/h3-7H,13H2,1-2H3. The van der Waals surface area contributed by atoms with Gasteiger partial charge in [-0.05, 0) is 12.1 Å². The third kappa shape index (κ3) is 2.00. The maximum atomic E-state index is 11.5. The number of ether oxygens (including phenoxy) is 2. The smallest absolute Gasteiger partial charge is 0.341 e. The highest BCUT2D eigenvalue weighted by Crippen LogP contribution is 2.24. The minimum absolute atomic E-state index is 0.356. The number of nitrogens with zero attached hydrogens (tertiary/aromatic N) is 2. The average Bonchev–Trinajstić information content (AvgIpc) is 2.83. The number of hydrogen-bond donors (Lipinski definition) is 1. The Balaban J connectivity index is 2.48. The number of methoxy groups -OCH3 is 2. The minimum Gasteiger partial charge on any atom is -0.496 e. The molecule has 1 heterocycles. The van der Waals surface area contributed by atoms with E-state index in [0.717, 1.165) is 0 Å². The molecule has 0 bridgehead atoms. The lowest BCUT2D eigenvalue weighted by Gasteiger charge is -2.10. The van der Waals surface area contributed by atoms with Crippen molar-refractivity contribution in [3.63, 3.8) is 0 Å². The van der Waals surface area contributed by atoms with E-state index in [-0.39, 0.29) is 0 Å². The fourth-order valence-electron chi connectivity index (χ4n) is 1.62. The molecule has 0 fully saturated rings. The van der Waals surface area contributed by atoms with Crippen molar-refractivity contribution >= 4 is 11.8 Å². The second kappa shape index (κ2) is 4.79. The SMILES string of the molecule is COC(=O)c1ccc(-n2nccc2N)cc1OC. The maximum absolute atomic E-state index is 11.5. The van der Waals surface area contributed by atoms with E-state index in [0.29, 0.717) is 22.8 Å². The summed E-state index contributed by atoms with van der Waals surface area (Å²) >= 11 is 0. The minimum atomic E-state index is -0.452. The topological polar surface area (TPSA) is 79.4 Å². The van der Waals surface area contributed by atoms with E-state index < -0.39 is 5.97 Å². The molecule has 0 saturated heterocycles. The van der Waals surface area contributed by atoms with Crippen LogP contribution in [0, 0.1) is 0 Å². The number of nitrogens with two attached hydrogens (primary N) is 1. The number of hydrogen-bond acceptors (Lipinski definition) is 5. The van der Waals surface area contributed by atoms with Crippen LogP contribution in [0.15, 0.2) is 30.5 Å². The lowest BCUT2D eigenvalue weighted by Crippen LogP contribution is -2.06. The Morgan fingerprint density at radius 2 is 2.11 bits per heavy atom. The van der Waals surface area contributed by atoms with Crippen molar-refractivity contribution in [1.82, 2.24) is 9.78 Å². The van der Waals surface area contributed by atoms with Crippen molar-refractivity contribution in [2.75, 3.05) is 20.0 Å². The summed E-state index contributed by atoms with van der Waals surface area (Å²) in [6, 6.07) is 6.69. The van der Waals surface area contributed by atoms with Crippen molar-refractivity contribution in [2.24, 2.45) is 0 Å². The molecule has 2 N–H and O–H groups in total. The van der Waals surface area contributed by atoms with E-state index in [1.54, 1.807) is 35.1 Å². The summed E-state index contributed by atoms with van der Waals surface area (Å²) in [5.74, 6) is 0.462. The summed E-state index contributed by atoms with van der Waals surface area (Å²) in [7, 11) is 2.80. The average molecular weight is 247 g/mol. The number of carbonyl (C=O) groups is 1. The van der Waals surface area contributed by atoms with Crippen LogP contribution in [-0.2, 0) is 4.74 Å². The summed E-state index contributed by atoms with van der Waals surface area (Å²) in [6.07, 6.45) is 1.59. The number of benzene rings is 1. The van der Waals surface area contributed by atoms with Crippen LogP contribution in [0.5, 0.6) is 5.75 Å². The van der Waals surface area contributed by atoms with Gasteiger partial charge in [-0.3, -0.25) is 0 Å². The second-order valence-corrected chi connectivity index (χ2v) is 3.54. The van der Waals surface area contributed by atoms with E-state index in [4.69, 9.17) is 10.5 Å². The Bertz CT molecular complexity index is 578. The van der Waals surface area contributed by atoms with Crippen molar-refractivity contribution in [1.29, 1.82) is 0 Å². The Morgan fingerprint density at radius 1 is 1.33 bits per heavy atom. The highest BCUT2D eigenvalue weighted by Gasteiger charge is 2.14. The van der Waals surface area contributed by atoms with Gasteiger partial charge in [0, 0.05) is 12.1 Å². The molecule has 0 amide bonds. The van der Waals surface area contributed by atoms with Gasteiger partial charge in [0.15, 0.2) is 0 Å². The first-order valence-corrected chi connectivity index (χ1v) is 5.23. The number of nitrogen functional groups attached to an aromatic ring is 1. The first kappa shape index (κ1) is 12.0. The van der Waals surface area contributed by atoms with Gasteiger partial charge in [-0.25, -0.2) is 9.48 Å². The van der Waals surface area contributed by atoms with Gasteiger partial charge in [0.05, 0.1) is 26.1 Å². The molecule has 18 heavy (non-hydrogen) atoms. The van der Waals surface area contributed by atoms with E-state index in [9.17, 15) is 4.79 Å². The van der Waals surface area contributed by atoms with Gasteiger partial charge in [-0.1, -0.05) is 0 Å². The molecule has 0 unspecified atom stereocenters. The zero-order valence-corrected chi connectivity index (χ0v) is 10.1. The van der Waals surface area contributed by atoms with Gasteiger partial charge in [-0.2, -0.15) is 5.10 Å². The Labute approximate surface area is 104 Å². The molecule has 2 aromatic rings. The van der Waals surface area contributed by atoms with Crippen LogP contribution in [0.4, 0.5) is 5.82 Å². The van der Waals surface area contributed by atoms with Crippen LogP contribution >= 0.6 is 0 Å². The zero-order valence-electron chi connectivity index (χ0n) is 10.1. The molecule has 0 aliphatic rings. The summed E-state index contributed by atoms with van der Waals surface area (Å²) in [5, 5.41) is 4.08. The number of carbonyl (C=O) groups excluding carboxylic acids is 1. The molecule has 1 aromatic carbocycles. The Hall–Kier alpha value is -2.50. The fourth-order valence-corrected chi connectivity index (χ4v) is 1.62. The summed E-state index contributed by atoms with van der Waals surface area (Å²) < 4.78 is 11.4. The number of anilines is 1. The van der Waals surface area contributed by atoms with Gasteiger partial charge in [0.1, 0.15) is 17.1 Å². The maximum Gasteiger partial charge on any atom is 0.341 e. The first-order chi connectivity index (χ1) is 8.67. The van der Waals surface area contributed by atoms with Crippen LogP contribution < -0.4 is 10.5 Å². The molecule has 0 radical (unpaired) electrons. The summed E-state index contributed by atoms with van der Waals surface area (Å²) in [5.41, 5.74) is 6.82. The summed E-state index contributed by atoms with van der Waals surface area (Å²) in [6.45, 7) is 0.